The third kappa shape index (κ3) is 3.20. The molecule has 1 aromatic heterocycles. The fourth-order valence-electron chi connectivity index (χ4n) is 1.87. The van der Waals surface area contributed by atoms with Gasteiger partial charge in [0.05, 0.1) is 28.1 Å². The molecule has 0 saturated carbocycles. The zero-order valence-electron chi connectivity index (χ0n) is 10.9. The lowest BCUT2D eigenvalue weighted by Crippen LogP contribution is -2.16. The Balaban J connectivity index is 2.40. The number of amides is 1. The molecule has 2 aromatic rings. The Hall–Kier alpha value is -1.98. The maximum Gasteiger partial charge on any atom is 0.337 e. The first-order valence-corrected chi connectivity index (χ1v) is 6.79. The van der Waals surface area contributed by atoms with Crippen molar-refractivity contribution in [1.82, 2.24) is 0 Å². The first-order chi connectivity index (χ1) is 9.93. The van der Waals surface area contributed by atoms with Crippen LogP contribution in [0.1, 0.15) is 33.4 Å². The number of aryl methyl sites for hydroxylation is 1. The Morgan fingerprint density at radius 1 is 1.29 bits per heavy atom. The van der Waals surface area contributed by atoms with Gasteiger partial charge in [0.25, 0.3) is 5.91 Å². The molecule has 0 aliphatic rings. The molecular formula is C14H11Cl2NO4. The summed E-state index contributed by atoms with van der Waals surface area (Å²) in [6, 6.07) is 4.10. The van der Waals surface area contributed by atoms with E-state index in [1.807, 2.05) is 6.92 Å². The normalized spacial score (nSPS) is 10.4. The van der Waals surface area contributed by atoms with Crippen molar-refractivity contribution in [2.75, 3.05) is 5.32 Å². The number of hydrogen-bond donors (Lipinski definition) is 2. The van der Waals surface area contributed by atoms with Crippen LogP contribution in [0, 0.1) is 0 Å². The number of nitrogens with one attached hydrogen (secondary N) is 1. The number of benzene rings is 1. The maximum absolute atomic E-state index is 12.2. The van der Waals surface area contributed by atoms with E-state index in [2.05, 4.69) is 5.32 Å². The summed E-state index contributed by atoms with van der Waals surface area (Å²) in [5.41, 5.74) is 0.157. The van der Waals surface area contributed by atoms with Crippen LogP contribution in [0.4, 0.5) is 5.69 Å². The molecule has 0 aliphatic heterocycles. The predicted molar refractivity (Wildman–Crippen MR) is 79.5 cm³/mol. The van der Waals surface area contributed by atoms with Crippen LogP contribution in [-0.2, 0) is 6.42 Å². The third-order valence-electron chi connectivity index (χ3n) is 2.84. The molecule has 0 spiro atoms. The first kappa shape index (κ1) is 15.4. The Kier molecular flexibility index (Phi) is 4.55. The monoisotopic (exact) mass is 327 g/mol. The second-order valence-corrected chi connectivity index (χ2v) is 5.02. The van der Waals surface area contributed by atoms with Crippen molar-refractivity contribution in [1.29, 1.82) is 0 Å². The SMILES string of the molecule is CCc1occc1C(=O)Nc1c(Cl)cc(Cl)cc1C(=O)O. The highest BCUT2D eigenvalue weighted by Gasteiger charge is 2.20. The van der Waals surface area contributed by atoms with Gasteiger partial charge in [-0.05, 0) is 18.2 Å². The van der Waals surface area contributed by atoms with Crippen molar-refractivity contribution in [3.63, 3.8) is 0 Å². The molecule has 21 heavy (non-hydrogen) atoms. The Morgan fingerprint density at radius 3 is 2.62 bits per heavy atom. The molecule has 5 nitrogen and oxygen atoms in total. The van der Waals surface area contributed by atoms with Crippen LogP contribution in [-0.4, -0.2) is 17.0 Å². The molecule has 7 heteroatoms. The lowest BCUT2D eigenvalue weighted by atomic mass is 10.1. The van der Waals surface area contributed by atoms with Gasteiger partial charge in [-0.25, -0.2) is 4.79 Å². The summed E-state index contributed by atoms with van der Waals surface area (Å²) < 4.78 is 5.17. The standard InChI is InChI=1S/C14H11Cl2NO4/c1-2-11-8(3-4-21-11)13(18)17-12-9(14(19)20)5-7(15)6-10(12)16/h3-6H,2H2,1H3,(H,17,18)(H,19,20). The lowest BCUT2D eigenvalue weighted by molar-refractivity contribution is 0.0698. The molecule has 1 aromatic carbocycles. The van der Waals surface area contributed by atoms with Gasteiger partial charge >= 0.3 is 5.97 Å². The van der Waals surface area contributed by atoms with E-state index in [9.17, 15) is 14.7 Å². The molecule has 0 fully saturated rings. The van der Waals surface area contributed by atoms with Gasteiger partial charge in [-0.2, -0.15) is 0 Å². The highest BCUT2D eigenvalue weighted by molar-refractivity contribution is 6.38. The number of halogens is 2. The summed E-state index contributed by atoms with van der Waals surface area (Å²) in [5, 5.41) is 11.9. The Morgan fingerprint density at radius 2 is 2.00 bits per heavy atom. The average Bonchev–Trinajstić information content (AvgIpc) is 2.89. The van der Waals surface area contributed by atoms with Crippen molar-refractivity contribution >= 4 is 40.8 Å². The van der Waals surface area contributed by atoms with E-state index < -0.39 is 11.9 Å². The summed E-state index contributed by atoms with van der Waals surface area (Å²) >= 11 is 11.7. The molecule has 0 atom stereocenters. The van der Waals surface area contributed by atoms with Gasteiger partial charge in [0.2, 0.25) is 0 Å². The van der Waals surface area contributed by atoms with Crippen LogP contribution in [0.5, 0.6) is 0 Å². The van der Waals surface area contributed by atoms with Crippen LogP contribution >= 0.6 is 23.2 Å². The predicted octanol–water partition coefficient (Wildman–Crippen LogP) is 4.10. The minimum atomic E-state index is -1.24. The highest BCUT2D eigenvalue weighted by Crippen LogP contribution is 2.31. The van der Waals surface area contributed by atoms with E-state index in [0.717, 1.165) is 0 Å². The average molecular weight is 328 g/mol. The molecule has 1 heterocycles. The molecular weight excluding hydrogens is 317 g/mol. The van der Waals surface area contributed by atoms with E-state index in [1.54, 1.807) is 0 Å². The van der Waals surface area contributed by atoms with Crippen molar-refractivity contribution in [3.8, 4) is 0 Å². The number of carboxylic acids is 1. The van der Waals surface area contributed by atoms with E-state index >= 15 is 0 Å². The molecule has 2 rings (SSSR count). The van der Waals surface area contributed by atoms with Crippen LogP contribution in [0.2, 0.25) is 10.0 Å². The summed E-state index contributed by atoms with van der Waals surface area (Å²) in [6.45, 7) is 1.84. The largest absolute Gasteiger partial charge is 0.478 e. The van der Waals surface area contributed by atoms with Gasteiger partial charge in [-0.15, -0.1) is 0 Å². The number of carbonyl (C=O) groups is 2. The van der Waals surface area contributed by atoms with Crippen molar-refractivity contribution in [3.05, 3.63) is 51.4 Å². The van der Waals surface area contributed by atoms with Crippen molar-refractivity contribution in [2.45, 2.75) is 13.3 Å². The molecule has 0 radical (unpaired) electrons. The summed E-state index contributed by atoms with van der Waals surface area (Å²) in [5.74, 6) is -1.22. The molecule has 2 N–H and O–H groups in total. The molecule has 0 aliphatic carbocycles. The van der Waals surface area contributed by atoms with E-state index in [1.165, 1.54) is 24.5 Å². The molecule has 110 valence electrons. The zero-order chi connectivity index (χ0) is 15.6. The number of carboxylic acid groups (broad SMARTS) is 1. The Labute approximate surface area is 130 Å². The minimum absolute atomic E-state index is 0.00168. The first-order valence-electron chi connectivity index (χ1n) is 6.04. The van der Waals surface area contributed by atoms with E-state index in [-0.39, 0.29) is 21.3 Å². The number of rotatable bonds is 4. The number of anilines is 1. The van der Waals surface area contributed by atoms with Crippen LogP contribution in [0.3, 0.4) is 0 Å². The van der Waals surface area contributed by atoms with Gasteiger partial charge in [-0.3, -0.25) is 4.79 Å². The summed E-state index contributed by atoms with van der Waals surface area (Å²) in [7, 11) is 0. The van der Waals surface area contributed by atoms with Gasteiger partial charge < -0.3 is 14.8 Å². The summed E-state index contributed by atoms with van der Waals surface area (Å²) in [4.78, 5) is 23.4. The number of aromatic carboxylic acids is 1. The second kappa shape index (κ2) is 6.20. The van der Waals surface area contributed by atoms with Crippen molar-refractivity contribution in [2.24, 2.45) is 0 Å². The number of hydrogen-bond acceptors (Lipinski definition) is 3. The van der Waals surface area contributed by atoms with Crippen LogP contribution in [0.25, 0.3) is 0 Å². The quantitative estimate of drug-likeness (QED) is 0.885. The fourth-order valence-corrected chi connectivity index (χ4v) is 2.41. The van der Waals surface area contributed by atoms with Crippen LogP contribution < -0.4 is 5.32 Å². The smallest absolute Gasteiger partial charge is 0.337 e. The second-order valence-electron chi connectivity index (χ2n) is 4.18. The fraction of sp³-hybridized carbons (Fsp3) is 0.143. The molecule has 1 amide bonds. The van der Waals surface area contributed by atoms with Gasteiger partial charge in [0.15, 0.2) is 0 Å². The van der Waals surface area contributed by atoms with Crippen molar-refractivity contribution < 1.29 is 19.1 Å². The van der Waals surface area contributed by atoms with Gasteiger partial charge in [-0.1, -0.05) is 30.1 Å². The zero-order valence-corrected chi connectivity index (χ0v) is 12.5. The number of furan rings is 1. The number of carbonyl (C=O) groups excluding carboxylic acids is 1. The van der Waals surface area contributed by atoms with Gasteiger partial charge in [0.1, 0.15) is 5.76 Å². The molecule has 0 unspecified atom stereocenters. The topological polar surface area (TPSA) is 79.5 Å². The van der Waals surface area contributed by atoms with E-state index in [0.29, 0.717) is 17.7 Å². The molecule has 0 saturated heterocycles. The summed E-state index contributed by atoms with van der Waals surface area (Å²) in [6.07, 6.45) is 1.94. The molecule has 0 bridgehead atoms. The Bertz CT molecular complexity index is 709. The minimum Gasteiger partial charge on any atom is -0.478 e. The third-order valence-corrected chi connectivity index (χ3v) is 3.35. The van der Waals surface area contributed by atoms with Gasteiger partial charge in [0, 0.05) is 11.4 Å². The van der Waals surface area contributed by atoms with Crippen LogP contribution in [0.15, 0.2) is 28.9 Å². The van der Waals surface area contributed by atoms with E-state index in [4.69, 9.17) is 27.6 Å². The lowest BCUT2D eigenvalue weighted by Gasteiger charge is -2.11. The maximum atomic E-state index is 12.2. The highest BCUT2D eigenvalue weighted by atomic mass is 35.5.